The molecule has 23 nitrogen and oxygen atoms in total. The van der Waals surface area contributed by atoms with Crippen molar-refractivity contribution in [2.45, 2.75) is 133 Å². The molecule has 1 amide bonds. The molecule has 2 saturated carbocycles. The lowest BCUT2D eigenvalue weighted by atomic mass is 9.44. The number of hydrogen-bond donors (Lipinski definition) is 6. The Balaban J connectivity index is 1.46. The second kappa shape index (κ2) is 22.6. The molecular formula is C55H59NO22. The highest BCUT2D eigenvalue weighted by Crippen LogP contribution is 2.65. The van der Waals surface area contributed by atoms with Crippen molar-refractivity contribution in [3.05, 3.63) is 119 Å². The lowest BCUT2D eigenvalue weighted by molar-refractivity contribution is -0.346. The molecule has 0 radical (unpaired) electrons. The second-order valence-electron chi connectivity index (χ2n) is 20.4. The molecule has 1 aliphatic heterocycles. The van der Waals surface area contributed by atoms with Gasteiger partial charge in [0.1, 0.15) is 36.1 Å². The van der Waals surface area contributed by atoms with Gasteiger partial charge in [-0.3, -0.25) is 28.8 Å². The van der Waals surface area contributed by atoms with Crippen molar-refractivity contribution in [2.24, 2.45) is 16.7 Å². The molecule has 0 spiro atoms. The molecule has 13 atom stereocenters. The third kappa shape index (κ3) is 11.0. The van der Waals surface area contributed by atoms with E-state index in [0.29, 0.717) is 0 Å². The van der Waals surface area contributed by atoms with Crippen LogP contribution in [0.25, 0.3) is 0 Å². The topological polar surface area (TPSA) is 348 Å². The summed E-state index contributed by atoms with van der Waals surface area (Å²) >= 11 is 0. The molecule has 1 saturated heterocycles. The van der Waals surface area contributed by atoms with E-state index in [4.69, 9.17) is 33.2 Å². The zero-order valence-electron chi connectivity index (χ0n) is 43.1. The number of carboxylic acids is 2. The molecule has 3 aliphatic carbocycles. The van der Waals surface area contributed by atoms with Crippen LogP contribution in [0, 0.1) is 16.7 Å². The first-order valence-corrected chi connectivity index (χ1v) is 24.7. The lowest BCUT2D eigenvalue weighted by Crippen LogP contribution is -2.82. The number of ether oxygens (including phenoxy) is 7. The van der Waals surface area contributed by atoms with Crippen LogP contribution >= 0.6 is 0 Å². The van der Waals surface area contributed by atoms with E-state index in [1.165, 1.54) is 88.4 Å². The summed E-state index contributed by atoms with van der Waals surface area (Å²) in [6.07, 6.45) is -19.6. The molecule has 23 heteroatoms. The maximum atomic E-state index is 16.2. The molecule has 3 aromatic rings. The van der Waals surface area contributed by atoms with Gasteiger partial charge >= 0.3 is 47.8 Å². The van der Waals surface area contributed by atoms with Crippen LogP contribution in [0.4, 0.5) is 0 Å². The van der Waals surface area contributed by atoms with Crippen LogP contribution in [0.15, 0.2) is 102 Å². The number of aliphatic hydroxyl groups excluding tert-OH is 2. The minimum atomic E-state index is -2.71. The van der Waals surface area contributed by atoms with Gasteiger partial charge in [0.2, 0.25) is 6.10 Å². The summed E-state index contributed by atoms with van der Waals surface area (Å²) in [5.74, 6) is -14.8. The van der Waals surface area contributed by atoms with Crippen molar-refractivity contribution < 1.29 is 107 Å². The van der Waals surface area contributed by atoms with Gasteiger partial charge in [-0.15, -0.1) is 0 Å². The molecular weight excluding hydrogens is 1030 g/mol. The molecule has 2 bridgehead atoms. The molecule has 6 N–H and O–H groups in total. The zero-order chi connectivity index (χ0) is 57.2. The third-order valence-corrected chi connectivity index (χ3v) is 15.2. The lowest BCUT2D eigenvalue weighted by Gasteiger charge is -2.67. The highest BCUT2D eigenvalue weighted by molar-refractivity contribution is 5.97. The number of carbonyl (C=O) groups excluding carboxylic acids is 8. The number of carbonyl (C=O) groups is 10. The largest absolute Gasteiger partial charge is 0.479 e. The highest BCUT2D eigenvalue weighted by atomic mass is 16.6. The fraction of sp³-hybridized carbons (Fsp3) is 0.455. The number of aliphatic hydroxyl groups is 3. The average molecular weight is 1090 g/mol. The first kappa shape index (κ1) is 57.8. The Labute approximate surface area is 445 Å². The smallest absolute Gasteiger partial charge is 0.350 e. The van der Waals surface area contributed by atoms with Crippen molar-refractivity contribution in [1.29, 1.82) is 0 Å². The van der Waals surface area contributed by atoms with Crippen LogP contribution in [-0.2, 0) is 71.5 Å². The quantitative estimate of drug-likeness (QED) is 0.0605. The Kier molecular flexibility index (Phi) is 16.8. The number of amides is 1. The predicted molar refractivity (Wildman–Crippen MR) is 262 cm³/mol. The Bertz CT molecular complexity index is 2890. The third-order valence-electron chi connectivity index (χ3n) is 15.2. The van der Waals surface area contributed by atoms with Gasteiger partial charge in [-0.25, -0.2) is 19.2 Å². The van der Waals surface area contributed by atoms with Crippen molar-refractivity contribution in [1.82, 2.24) is 5.32 Å². The van der Waals surface area contributed by atoms with E-state index in [0.717, 1.165) is 13.8 Å². The molecule has 3 fully saturated rings. The maximum absolute atomic E-state index is 16.2. The fourth-order valence-corrected chi connectivity index (χ4v) is 11.3. The Morgan fingerprint density at radius 1 is 0.731 bits per heavy atom. The molecule has 5 unspecified atom stereocenters. The number of esters is 6. The van der Waals surface area contributed by atoms with Crippen LogP contribution < -0.4 is 5.32 Å². The van der Waals surface area contributed by atoms with Gasteiger partial charge in [-0.05, 0) is 54.8 Å². The number of hydrogen-bond acceptors (Lipinski definition) is 20. The van der Waals surface area contributed by atoms with E-state index in [1.807, 2.05) is 0 Å². The van der Waals surface area contributed by atoms with Gasteiger partial charge in [0.25, 0.3) is 5.91 Å². The monoisotopic (exact) mass is 1090 g/mol. The fourth-order valence-electron chi connectivity index (χ4n) is 11.3. The Morgan fingerprint density at radius 2 is 1.28 bits per heavy atom. The van der Waals surface area contributed by atoms with Gasteiger partial charge in [0.15, 0.2) is 29.7 Å². The van der Waals surface area contributed by atoms with E-state index in [2.05, 4.69) is 5.32 Å². The van der Waals surface area contributed by atoms with Crippen LogP contribution in [0.5, 0.6) is 0 Å². The summed E-state index contributed by atoms with van der Waals surface area (Å²) in [4.78, 5) is 137. The van der Waals surface area contributed by atoms with Crippen molar-refractivity contribution >= 4 is 59.4 Å². The molecule has 78 heavy (non-hydrogen) atoms. The summed E-state index contributed by atoms with van der Waals surface area (Å²) in [7, 11) is 0. The average Bonchev–Trinajstić information content (AvgIpc) is 3.51. The highest BCUT2D eigenvalue weighted by Gasteiger charge is 2.79. The molecule has 4 aliphatic rings. The minimum Gasteiger partial charge on any atom is -0.479 e. The number of rotatable bonds is 18. The molecule has 416 valence electrons. The van der Waals surface area contributed by atoms with Crippen LogP contribution in [0.2, 0.25) is 0 Å². The Hall–Kier alpha value is -7.86. The van der Waals surface area contributed by atoms with E-state index in [1.54, 1.807) is 30.3 Å². The summed E-state index contributed by atoms with van der Waals surface area (Å²) in [5.41, 5.74) is -9.30. The standard InChI is InChI=1S/C55H59NO22/c1-27-35(74-51(70)43(76-39(62)23-34(60)49(67)68)41(30-16-10-7-11-17-30)56-47(64)31-18-12-8-13-19-31)25-55(71)46(77-50(69)32-20-14-9-15-21-32)44-53(6,45(63)42(73-28(2)57)40(27)52(55,4)5)36(75-38(61)22-33(59)48(65)66)24-37-54(44,26-72-37)78-29(3)58/h7-21,33-37,41-44,46,59-60,71H,22-26H2,1-6H3,(H,56,64)(H,65,66)(H,67,68)/t33?,34?,35-,36-,37+,41?,42+,43+,44?,46?,53+,54-,55+/m0/s1. The normalized spacial score (nSPS) is 28.3. The van der Waals surface area contributed by atoms with Crippen LogP contribution in [0.3, 0.4) is 0 Å². The van der Waals surface area contributed by atoms with Crippen molar-refractivity contribution in [3.8, 4) is 0 Å². The first-order valence-electron chi connectivity index (χ1n) is 24.7. The summed E-state index contributed by atoms with van der Waals surface area (Å²) in [6, 6.07) is 20.9. The maximum Gasteiger partial charge on any atom is 0.350 e. The van der Waals surface area contributed by atoms with Crippen molar-refractivity contribution in [3.63, 3.8) is 0 Å². The Morgan fingerprint density at radius 3 is 1.81 bits per heavy atom. The second-order valence-corrected chi connectivity index (χ2v) is 20.4. The number of Topliss-reactive ketones (excluding diaryl/α,β-unsaturated/α-hetero) is 1. The number of fused-ring (bicyclic) bond motifs is 5. The number of ketones is 1. The van der Waals surface area contributed by atoms with Gasteiger partial charge in [-0.1, -0.05) is 80.6 Å². The van der Waals surface area contributed by atoms with Gasteiger partial charge < -0.3 is 64.0 Å². The van der Waals surface area contributed by atoms with Crippen LogP contribution in [0.1, 0.15) is 99.5 Å². The summed E-state index contributed by atoms with van der Waals surface area (Å²) < 4.78 is 42.3. The van der Waals surface area contributed by atoms with Crippen molar-refractivity contribution in [2.75, 3.05) is 6.61 Å². The predicted octanol–water partition coefficient (Wildman–Crippen LogP) is 2.51. The number of benzene rings is 3. The van der Waals surface area contributed by atoms with Gasteiger partial charge in [0.05, 0.1) is 36.3 Å². The SMILES string of the molecule is CC(=O)O[C@H]1C(=O)[C@@]2(C)C(C(OC(=O)c3ccccc3)[C@]3(O)C[C@H](OC(=O)[C@H](OC(=O)CC(O)C(=O)O)C(NC(=O)c4ccccc4)c4ccccc4)C(C)=C1C3(C)C)[C@]1(OC(C)=O)CO[C@@H]1C[C@@H]2OC(=O)CC(O)C(=O)O. The van der Waals surface area contributed by atoms with E-state index < -0.39 is 175 Å². The summed E-state index contributed by atoms with van der Waals surface area (Å²) in [6.45, 7) is 6.91. The number of nitrogens with one attached hydrogen (secondary N) is 1. The van der Waals surface area contributed by atoms with Gasteiger partial charge in [0, 0.05) is 37.7 Å². The van der Waals surface area contributed by atoms with Crippen LogP contribution in [-0.4, -0.2) is 152 Å². The van der Waals surface area contributed by atoms with E-state index in [-0.39, 0.29) is 27.8 Å². The minimum absolute atomic E-state index is 0.0720. The van der Waals surface area contributed by atoms with Gasteiger partial charge in [-0.2, -0.15) is 0 Å². The van der Waals surface area contributed by atoms with E-state index in [9.17, 15) is 63.9 Å². The molecule has 7 rings (SSSR count). The summed E-state index contributed by atoms with van der Waals surface area (Å²) in [5, 5.41) is 56.1. The van der Waals surface area contributed by atoms with E-state index >= 15 is 9.59 Å². The number of carboxylic acid groups (broad SMARTS) is 2. The number of aliphatic carboxylic acids is 2. The molecule has 0 aromatic heterocycles. The first-order chi connectivity index (χ1) is 36.7. The molecule has 3 aromatic carbocycles. The zero-order valence-corrected chi connectivity index (χ0v) is 43.1. The molecule has 1 heterocycles.